The lowest BCUT2D eigenvalue weighted by atomic mass is 9.85. The first-order valence-corrected chi connectivity index (χ1v) is 11.6. The van der Waals surface area contributed by atoms with Gasteiger partial charge in [-0.2, -0.15) is 0 Å². The van der Waals surface area contributed by atoms with Gasteiger partial charge in [-0.25, -0.2) is 0 Å². The summed E-state index contributed by atoms with van der Waals surface area (Å²) in [5.74, 6) is 0.960. The summed E-state index contributed by atoms with van der Waals surface area (Å²) < 4.78 is 5.86. The van der Waals surface area contributed by atoms with E-state index in [-0.39, 0.29) is 53.2 Å². The van der Waals surface area contributed by atoms with Gasteiger partial charge in [0, 0.05) is 45.3 Å². The van der Waals surface area contributed by atoms with Crippen molar-refractivity contribution >= 4 is 17.8 Å². The van der Waals surface area contributed by atoms with Gasteiger partial charge in [0.1, 0.15) is 0 Å². The smallest absolute Gasteiger partial charge is 0.233 e. The Hall–Kier alpha value is -1.93. The standard InChI is InChI=1S/C23H37N5O3/c1-14-11-27(12-15(2)31-14)23(3,4)13-26-22(24-5)25-8-9-28-20(29)18-16-6-7-17(10-16)19(18)21(28)30/h6-7,14-19H,8-13H2,1-5H3,(H2,24,25,26). The Morgan fingerprint density at radius 3 is 2.23 bits per heavy atom. The van der Waals surface area contributed by atoms with E-state index in [0.717, 1.165) is 26.1 Å². The minimum atomic E-state index is -0.126. The molecule has 2 heterocycles. The molecular weight excluding hydrogens is 394 g/mol. The van der Waals surface area contributed by atoms with Gasteiger partial charge in [0.15, 0.2) is 5.96 Å². The van der Waals surface area contributed by atoms with E-state index in [4.69, 9.17) is 4.74 Å². The molecule has 4 aliphatic rings. The lowest BCUT2D eigenvalue weighted by Gasteiger charge is -2.45. The number of likely N-dealkylation sites (tertiary alicyclic amines) is 1. The van der Waals surface area contributed by atoms with Crippen LogP contribution in [-0.2, 0) is 14.3 Å². The van der Waals surface area contributed by atoms with E-state index in [9.17, 15) is 9.59 Å². The van der Waals surface area contributed by atoms with Gasteiger partial charge in [-0.15, -0.1) is 0 Å². The van der Waals surface area contributed by atoms with E-state index in [1.165, 1.54) is 4.90 Å². The third-order valence-electron chi connectivity index (χ3n) is 7.38. The lowest BCUT2D eigenvalue weighted by Crippen LogP contribution is -2.59. The first-order chi connectivity index (χ1) is 14.7. The molecule has 6 atom stereocenters. The minimum Gasteiger partial charge on any atom is -0.373 e. The summed E-state index contributed by atoms with van der Waals surface area (Å²) in [5.41, 5.74) is -0.0610. The Balaban J connectivity index is 1.25. The number of nitrogens with zero attached hydrogens (tertiary/aromatic N) is 3. The monoisotopic (exact) mass is 431 g/mol. The van der Waals surface area contributed by atoms with E-state index in [2.05, 4.69) is 60.4 Å². The third kappa shape index (κ3) is 4.24. The molecule has 2 N–H and O–H groups in total. The number of nitrogens with one attached hydrogen (secondary N) is 2. The van der Waals surface area contributed by atoms with Crippen LogP contribution >= 0.6 is 0 Å². The molecule has 0 aromatic heterocycles. The summed E-state index contributed by atoms with van der Waals surface area (Å²) in [6.07, 6.45) is 5.66. The van der Waals surface area contributed by atoms with Crippen LogP contribution in [0.25, 0.3) is 0 Å². The van der Waals surface area contributed by atoms with E-state index < -0.39 is 0 Å². The maximum Gasteiger partial charge on any atom is 0.233 e. The summed E-state index contributed by atoms with van der Waals surface area (Å²) in [7, 11) is 1.74. The fraction of sp³-hybridized carbons (Fsp3) is 0.783. The molecule has 0 spiro atoms. The fourth-order valence-electron chi connectivity index (χ4n) is 5.78. The quantitative estimate of drug-likeness (QED) is 0.281. The molecule has 2 aliphatic carbocycles. The molecule has 2 aliphatic heterocycles. The number of rotatable bonds is 6. The average Bonchev–Trinajstić information content (AvgIpc) is 3.39. The minimum absolute atomic E-state index is 0.00767. The van der Waals surface area contributed by atoms with Gasteiger partial charge in [-0.05, 0) is 46.0 Å². The normalized spacial score (nSPS) is 35.8. The van der Waals surface area contributed by atoms with Crippen molar-refractivity contribution in [3.05, 3.63) is 12.2 Å². The molecule has 0 aromatic rings. The van der Waals surface area contributed by atoms with Gasteiger partial charge in [-0.1, -0.05) is 12.2 Å². The molecule has 0 aromatic carbocycles. The molecule has 172 valence electrons. The first-order valence-electron chi connectivity index (χ1n) is 11.6. The second-order valence-corrected chi connectivity index (χ2v) is 10.2. The zero-order valence-corrected chi connectivity index (χ0v) is 19.4. The number of morpholine rings is 1. The van der Waals surface area contributed by atoms with Crippen LogP contribution in [0.4, 0.5) is 0 Å². The Morgan fingerprint density at radius 2 is 1.68 bits per heavy atom. The van der Waals surface area contributed by atoms with Crippen LogP contribution in [0.3, 0.4) is 0 Å². The molecule has 8 nitrogen and oxygen atoms in total. The Labute approximate surface area is 185 Å². The first kappa shape index (κ1) is 22.3. The molecular formula is C23H37N5O3. The van der Waals surface area contributed by atoms with Crippen molar-refractivity contribution in [2.75, 3.05) is 39.8 Å². The van der Waals surface area contributed by atoms with Crippen molar-refractivity contribution in [3.63, 3.8) is 0 Å². The molecule has 1 saturated carbocycles. The van der Waals surface area contributed by atoms with Crippen LogP contribution in [0.15, 0.2) is 17.1 Å². The largest absolute Gasteiger partial charge is 0.373 e. The molecule has 3 fully saturated rings. The molecule has 31 heavy (non-hydrogen) atoms. The summed E-state index contributed by atoms with van der Waals surface area (Å²) in [4.78, 5) is 33.8. The number of hydrogen-bond donors (Lipinski definition) is 2. The zero-order valence-electron chi connectivity index (χ0n) is 19.4. The highest BCUT2D eigenvalue weighted by atomic mass is 16.5. The molecule has 4 rings (SSSR count). The van der Waals surface area contributed by atoms with Crippen molar-refractivity contribution in [2.24, 2.45) is 28.7 Å². The van der Waals surface area contributed by atoms with E-state index >= 15 is 0 Å². The number of aliphatic imine (C=N–C) groups is 1. The number of carbonyl (C=O) groups excluding carboxylic acids is 2. The highest BCUT2D eigenvalue weighted by Gasteiger charge is 2.58. The van der Waals surface area contributed by atoms with Gasteiger partial charge >= 0.3 is 0 Å². The maximum absolute atomic E-state index is 12.8. The Bertz CT molecular complexity index is 739. The van der Waals surface area contributed by atoms with Crippen molar-refractivity contribution < 1.29 is 14.3 Å². The number of allylic oxidation sites excluding steroid dienone is 2. The number of imide groups is 1. The van der Waals surface area contributed by atoms with Crippen LogP contribution in [0.5, 0.6) is 0 Å². The zero-order chi connectivity index (χ0) is 22.3. The number of carbonyl (C=O) groups is 2. The average molecular weight is 432 g/mol. The topological polar surface area (TPSA) is 86.3 Å². The Morgan fingerprint density at radius 1 is 1.10 bits per heavy atom. The maximum atomic E-state index is 12.8. The molecule has 6 unspecified atom stereocenters. The third-order valence-corrected chi connectivity index (χ3v) is 7.38. The lowest BCUT2D eigenvalue weighted by molar-refractivity contribution is -0.140. The van der Waals surface area contributed by atoms with Crippen molar-refractivity contribution in [1.29, 1.82) is 0 Å². The van der Waals surface area contributed by atoms with Crippen molar-refractivity contribution in [1.82, 2.24) is 20.4 Å². The number of hydrogen-bond acceptors (Lipinski definition) is 5. The van der Waals surface area contributed by atoms with Gasteiger partial charge in [-0.3, -0.25) is 24.4 Å². The predicted molar refractivity (Wildman–Crippen MR) is 119 cm³/mol. The summed E-state index contributed by atoms with van der Waals surface area (Å²) in [6.45, 7) is 12.1. The van der Waals surface area contributed by atoms with Crippen LogP contribution < -0.4 is 10.6 Å². The fourth-order valence-corrected chi connectivity index (χ4v) is 5.78. The molecule has 2 amide bonds. The van der Waals surface area contributed by atoms with Crippen LogP contribution in [0.2, 0.25) is 0 Å². The van der Waals surface area contributed by atoms with Gasteiger partial charge in [0.05, 0.1) is 24.0 Å². The van der Waals surface area contributed by atoms with Crippen molar-refractivity contribution in [2.45, 2.75) is 51.9 Å². The van der Waals surface area contributed by atoms with E-state index in [1.807, 2.05) is 0 Å². The summed E-state index contributed by atoms with van der Waals surface area (Å²) in [5, 5.41) is 6.67. The number of ether oxygens (including phenoxy) is 1. The molecule has 8 heteroatoms. The van der Waals surface area contributed by atoms with Crippen LogP contribution in [0.1, 0.15) is 34.1 Å². The second kappa shape index (κ2) is 8.54. The van der Waals surface area contributed by atoms with Gasteiger partial charge in [0.2, 0.25) is 11.8 Å². The second-order valence-electron chi connectivity index (χ2n) is 10.2. The summed E-state index contributed by atoms with van der Waals surface area (Å²) in [6, 6.07) is 0. The highest BCUT2D eigenvalue weighted by Crippen LogP contribution is 2.52. The van der Waals surface area contributed by atoms with Gasteiger partial charge in [0.25, 0.3) is 0 Å². The SMILES string of the molecule is CN=C(NCCN1C(=O)C2C3C=CC(C3)C2C1=O)NCC(C)(C)N1CC(C)OC(C)C1. The Kier molecular flexibility index (Phi) is 6.14. The van der Waals surface area contributed by atoms with E-state index in [1.54, 1.807) is 7.05 Å². The van der Waals surface area contributed by atoms with Crippen molar-refractivity contribution in [3.8, 4) is 0 Å². The predicted octanol–water partition coefficient (Wildman–Crippen LogP) is 0.846. The molecule has 0 radical (unpaired) electrons. The number of amides is 2. The number of guanidine groups is 1. The van der Waals surface area contributed by atoms with Gasteiger partial charge < -0.3 is 15.4 Å². The summed E-state index contributed by atoms with van der Waals surface area (Å²) >= 11 is 0. The van der Waals surface area contributed by atoms with E-state index in [0.29, 0.717) is 19.0 Å². The molecule has 2 bridgehead atoms. The van der Waals surface area contributed by atoms with Crippen LogP contribution in [-0.4, -0.2) is 85.1 Å². The highest BCUT2D eigenvalue weighted by molar-refractivity contribution is 6.06. The molecule has 2 saturated heterocycles. The van der Waals surface area contributed by atoms with Crippen LogP contribution in [0, 0.1) is 23.7 Å². The number of fused-ring (bicyclic) bond motifs is 5.